The zero-order valence-corrected chi connectivity index (χ0v) is 13.3. The van der Waals surface area contributed by atoms with Crippen molar-refractivity contribution in [3.63, 3.8) is 0 Å². The van der Waals surface area contributed by atoms with Crippen molar-refractivity contribution < 1.29 is 4.79 Å². The number of rotatable bonds is 6. The highest BCUT2D eigenvalue weighted by Gasteiger charge is 2.09. The van der Waals surface area contributed by atoms with Gasteiger partial charge in [0.15, 0.2) is 0 Å². The van der Waals surface area contributed by atoms with Crippen LogP contribution in [0, 0.1) is 0 Å². The Balaban J connectivity index is 1.84. The van der Waals surface area contributed by atoms with E-state index in [0.717, 1.165) is 24.0 Å². The maximum Gasteiger partial charge on any atom is 0.247 e. The summed E-state index contributed by atoms with van der Waals surface area (Å²) >= 11 is 0. The second-order valence-corrected chi connectivity index (χ2v) is 5.64. The van der Waals surface area contributed by atoms with Crippen molar-refractivity contribution in [2.75, 3.05) is 0 Å². The van der Waals surface area contributed by atoms with Crippen LogP contribution in [0.15, 0.2) is 66.2 Å². The van der Waals surface area contributed by atoms with Gasteiger partial charge in [-0.2, -0.15) is 0 Å². The number of nitrogens with one attached hydrogen (secondary N) is 1. The smallest absolute Gasteiger partial charge is 0.247 e. The Hall–Kier alpha value is -2.35. The monoisotopic (exact) mass is 293 g/mol. The molecule has 0 fully saturated rings. The molecule has 1 N–H and O–H groups in total. The van der Waals surface area contributed by atoms with Crippen LogP contribution in [0.2, 0.25) is 0 Å². The highest BCUT2D eigenvalue weighted by atomic mass is 16.1. The Morgan fingerprint density at radius 1 is 1.05 bits per heavy atom. The molecule has 0 aromatic heterocycles. The lowest BCUT2D eigenvalue weighted by Gasteiger charge is -2.14. The normalized spacial score (nSPS) is 12.7. The van der Waals surface area contributed by atoms with E-state index in [1.54, 1.807) is 0 Å². The lowest BCUT2D eigenvalue weighted by Crippen LogP contribution is -2.33. The summed E-state index contributed by atoms with van der Waals surface area (Å²) in [6.07, 6.45) is 3.83. The molecule has 0 saturated heterocycles. The second-order valence-electron chi connectivity index (χ2n) is 5.64. The van der Waals surface area contributed by atoms with Crippen LogP contribution in [0.1, 0.15) is 31.4 Å². The summed E-state index contributed by atoms with van der Waals surface area (Å²) in [5.41, 5.74) is 3.09. The maximum atomic E-state index is 12.2. The van der Waals surface area contributed by atoms with E-state index in [4.69, 9.17) is 0 Å². The van der Waals surface area contributed by atoms with Gasteiger partial charge in [0.2, 0.25) is 5.91 Å². The first-order valence-corrected chi connectivity index (χ1v) is 7.73. The first-order chi connectivity index (χ1) is 10.6. The van der Waals surface area contributed by atoms with Gasteiger partial charge in [-0.15, -0.1) is 0 Å². The van der Waals surface area contributed by atoms with E-state index in [1.165, 1.54) is 5.56 Å². The topological polar surface area (TPSA) is 29.1 Å². The number of amides is 1. The van der Waals surface area contributed by atoms with Crippen molar-refractivity contribution in [3.05, 3.63) is 77.4 Å². The molecule has 0 aliphatic rings. The molecule has 0 spiro atoms. The van der Waals surface area contributed by atoms with E-state index in [1.807, 2.05) is 61.5 Å². The molecule has 0 bridgehead atoms. The van der Waals surface area contributed by atoms with E-state index >= 15 is 0 Å². The highest BCUT2D eigenvalue weighted by molar-refractivity contribution is 5.97. The Bertz CT molecular complexity index is 617. The summed E-state index contributed by atoms with van der Waals surface area (Å²) in [5.74, 6) is 0.00409. The zero-order valence-electron chi connectivity index (χ0n) is 13.3. The van der Waals surface area contributed by atoms with Gasteiger partial charge in [-0.3, -0.25) is 4.79 Å². The molecule has 0 saturated carbocycles. The Labute approximate surface area is 132 Å². The lowest BCUT2D eigenvalue weighted by molar-refractivity contribution is -0.118. The van der Waals surface area contributed by atoms with Crippen LogP contribution in [-0.4, -0.2) is 11.9 Å². The van der Waals surface area contributed by atoms with E-state index in [2.05, 4.69) is 24.4 Å². The van der Waals surface area contributed by atoms with Gasteiger partial charge in [0, 0.05) is 11.6 Å². The van der Waals surface area contributed by atoms with Crippen LogP contribution in [-0.2, 0) is 11.2 Å². The Morgan fingerprint density at radius 3 is 2.27 bits per heavy atom. The molecular formula is C20H23NO. The second kappa shape index (κ2) is 8.18. The summed E-state index contributed by atoms with van der Waals surface area (Å²) in [4.78, 5) is 12.2. The zero-order chi connectivity index (χ0) is 15.8. The number of benzene rings is 2. The molecule has 0 aliphatic heterocycles. The number of carbonyl (C=O) groups is 1. The van der Waals surface area contributed by atoms with Crippen LogP contribution >= 0.6 is 0 Å². The molecule has 1 atom stereocenters. The molecule has 2 heteroatoms. The minimum atomic E-state index is 0.00409. The first kappa shape index (κ1) is 16.0. The summed E-state index contributed by atoms with van der Waals surface area (Å²) in [6, 6.07) is 20.4. The molecule has 2 nitrogen and oxygen atoms in total. The molecule has 0 heterocycles. The summed E-state index contributed by atoms with van der Waals surface area (Å²) in [6.45, 7) is 3.91. The number of aryl methyl sites for hydroxylation is 1. The first-order valence-electron chi connectivity index (χ1n) is 7.73. The van der Waals surface area contributed by atoms with Gasteiger partial charge in [0.05, 0.1) is 0 Å². The number of hydrogen-bond acceptors (Lipinski definition) is 1. The average molecular weight is 293 g/mol. The van der Waals surface area contributed by atoms with Gasteiger partial charge < -0.3 is 5.32 Å². The van der Waals surface area contributed by atoms with Crippen molar-refractivity contribution in [2.45, 2.75) is 32.7 Å². The third kappa shape index (κ3) is 5.21. The van der Waals surface area contributed by atoms with E-state index in [0.29, 0.717) is 0 Å². The molecule has 2 rings (SSSR count). The van der Waals surface area contributed by atoms with Gasteiger partial charge in [-0.1, -0.05) is 60.7 Å². The minimum absolute atomic E-state index is 0.00409. The third-order valence-electron chi connectivity index (χ3n) is 3.63. The van der Waals surface area contributed by atoms with E-state index in [9.17, 15) is 4.79 Å². The van der Waals surface area contributed by atoms with E-state index < -0.39 is 0 Å². The molecule has 0 radical (unpaired) electrons. The van der Waals surface area contributed by atoms with Crippen molar-refractivity contribution in [2.24, 2.45) is 0 Å². The third-order valence-corrected chi connectivity index (χ3v) is 3.63. The van der Waals surface area contributed by atoms with Crippen LogP contribution < -0.4 is 5.32 Å². The average Bonchev–Trinajstić information content (AvgIpc) is 2.55. The number of hydrogen-bond donors (Lipinski definition) is 1. The fourth-order valence-corrected chi connectivity index (χ4v) is 2.30. The van der Waals surface area contributed by atoms with Crippen molar-refractivity contribution in [3.8, 4) is 0 Å². The van der Waals surface area contributed by atoms with Crippen molar-refractivity contribution >= 4 is 12.0 Å². The molecule has 114 valence electrons. The maximum absolute atomic E-state index is 12.2. The lowest BCUT2D eigenvalue weighted by atomic mass is 10.1. The fourth-order valence-electron chi connectivity index (χ4n) is 2.30. The van der Waals surface area contributed by atoms with Crippen LogP contribution in [0.4, 0.5) is 0 Å². The molecule has 2 aromatic carbocycles. The summed E-state index contributed by atoms with van der Waals surface area (Å²) in [7, 11) is 0. The van der Waals surface area contributed by atoms with Crippen LogP contribution in [0.5, 0.6) is 0 Å². The molecule has 1 amide bonds. The van der Waals surface area contributed by atoms with E-state index in [-0.39, 0.29) is 11.9 Å². The molecule has 2 aromatic rings. The SMILES string of the molecule is CC(=Cc1ccccc1)C(=O)NC(C)CCc1ccccc1. The van der Waals surface area contributed by atoms with Gasteiger partial charge in [-0.25, -0.2) is 0 Å². The quantitative estimate of drug-likeness (QED) is 0.794. The van der Waals surface area contributed by atoms with Crippen molar-refractivity contribution in [1.82, 2.24) is 5.32 Å². The van der Waals surface area contributed by atoms with Gasteiger partial charge >= 0.3 is 0 Å². The standard InChI is InChI=1S/C20H23NO/c1-16(15-19-11-7-4-8-12-19)20(22)21-17(2)13-14-18-9-5-3-6-10-18/h3-12,15,17H,13-14H2,1-2H3,(H,21,22). The molecule has 22 heavy (non-hydrogen) atoms. The number of carbonyl (C=O) groups excluding carboxylic acids is 1. The predicted molar refractivity (Wildman–Crippen MR) is 92.5 cm³/mol. The molecule has 0 aliphatic carbocycles. The van der Waals surface area contributed by atoms with Gasteiger partial charge in [-0.05, 0) is 43.9 Å². The Morgan fingerprint density at radius 2 is 1.64 bits per heavy atom. The molecular weight excluding hydrogens is 270 g/mol. The minimum Gasteiger partial charge on any atom is -0.350 e. The van der Waals surface area contributed by atoms with Gasteiger partial charge in [0.1, 0.15) is 0 Å². The largest absolute Gasteiger partial charge is 0.350 e. The van der Waals surface area contributed by atoms with Crippen molar-refractivity contribution in [1.29, 1.82) is 0 Å². The summed E-state index contributed by atoms with van der Waals surface area (Å²) < 4.78 is 0. The fraction of sp³-hybridized carbons (Fsp3) is 0.250. The van der Waals surface area contributed by atoms with Gasteiger partial charge in [0.25, 0.3) is 0 Å². The van der Waals surface area contributed by atoms with Crippen LogP contribution in [0.3, 0.4) is 0 Å². The Kier molecular flexibility index (Phi) is 5.96. The summed E-state index contributed by atoms with van der Waals surface area (Å²) in [5, 5.41) is 3.06. The molecule has 1 unspecified atom stereocenters. The van der Waals surface area contributed by atoms with Crippen LogP contribution in [0.25, 0.3) is 6.08 Å². The highest BCUT2D eigenvalue weighted by Crippen LogP contribution is 2.08. The predicted octanol–water partition coefficient (Wildman–Crippen LogP) is 4.23.